The van der Waals surface area contributed by atoms with Gasteiger partial charge in [-0.15, -0.1) is 0 Å². The number of fused-ring (bicyclic) bond motifs is 1. The highest BCUT2D eigenvalue weighted by atomic mass is 19.1. The fourth-order valence-electron chi connectivity index (χ4n) is 1.96. The van der Waals surface area contributed by atoms with Gasteiger partial charge in [0.2, 0.25) is 5.91 Å². The van der Waals surface area contributed by atoms with Crippen LogP contribution in [0.25, 0.3) is 0 Å². The fraction of sp³-hybridized carbons (Fsp3) is 0.273. The zero-order valence-electron chi connectivity index (χ0n) is 8.61. The minimum absolute atomic E-state index is 0.262. The maximum Gasteiger partial charge on any atom is 0.304 e. The summed E-state index contributed by atoms with van der Waals surface area (Å²) in [7, 11) is 1.52. The number of carboxylic acid groups (broad SMARTS) is 1. The number of hydrogen-bond acceptors (Lipinski definition) is 2. The van der Waals surface area contributed by atoms with E-state index in [0.717, 1.165) is 0 Å². The molecule has 0 spiro atoms. The number of rotatable bonds is 2. The van der Waals surface area contributed by atoms with Crippen LogP contribution in [0.3, 0.4) is 0 Å². The minimum atomic E-state index is -1.04. The highest BCUT2D eigenvalue weighted by Crippen LogP contribution is 2.38. The molecule has 1 atom stereocenters. The van der Waals surface area contributed by atoms with Crippen LogP contribution in [-0.4, -0.2) is 24.0 Å². The van der Waals surface area contributed by atoms with Crippen molar-refractivity contribution in [3.8, 4) is 0 Å². The molecular formula is C11H10FNO3. The maximum atomic E-state index is 13.0. The molecule has 0 fully saturated rings. The summed E-state index contributed by atoms with van der Waals surface area (Å²) >= 11 is 0. The smallest absolute Gasteiger partial charge is 0.304 e. The second-order valence-corrected chi connectivity index (χ2v) is 3.75. The van der Waals surface area contributed by atoms with Gasteiger partial charge < -0.3 is 10.0 Å². The SMILES string of the molecule is CN1C(=O)[C@H](CC(=O)O)c2ccc(F)cc21. The summed E-state index contributed by atoms with van der Waals surface area (Å²) in [5.74, 6) is -2.47. The van der Waals surface area contributed by atoms with Gasteiger partial charge in [0.05, 0.1) is 18.0 Å². The summed E-state index contributed by atoms with van der Waals surface area (Å²) in [5, 5.41) is 8.71. The molecule has 0 unspecified atom stereocenters. The van der Waals surface area contributed by atoms with E-state index in [9.17, 15) is 14.0 Å². The van der Waals surface area contributed by atoms with Gasteiger partial charge >= 0.3 is 5.97 Å². The lowest BCUT2D eigenvalue weighted by molar-refractivity contribution is -0.139. The van der Waals surface area contributed by atoms with Crippen molar-refractivity contribution in [1.82, 2.24) is 0 Å². The Kier molecular flexibility index (Phi) is 2.38. The number of hydrogen-bond donors (Lipinski definition) is 1. The second-order valence-electron chi connectivity index (χ2n) is 3.75. The highest BCUT2D eigenvalue weighted by Gasteiger charge is 2.36. The van der Waals surface area contributed by atoms with Crippen LogP contribution >= 0.6 is 0 Å². The first-order chi connectivity index (χ1) is 7.50. The van der Waals surface area contributed by atoms with Crippen molar-refractivity contribution in [2.45, 2.75) is 12.3 Å². The van der Waals surface area contributed by atoms with Crippen LogP contribution in [0.1, 0.15) is 17.9 Å². The van der Waals surface area contributed by atoms with E-state index in [-0.39, 0.29) is 12.3 Å². The number of carboxylic acids is 1. The van der Waals surface area contributed by atoms with Crippen molar-refractivity contribution in [2.24, 2.45) is 0 Å². The lowest BCUT2D eigenvalue weighted by Crippen LogP contribution is -2.25. The van der Waals surface area contributed by atoms with E-state index in [0.29, 0.717) is 11.3 Å². The third kappa shape index (κ3) is 1.54. The summed E-state index contributed by atoms with van der Waals surface area (Å²) in [4.78, 5) is 23.7. The number of nitrogens with zero attached hydrogens (tertiary/aromatic N) is 1. The molecule has 1 heterocycles. The first kappa shape index (κ1) is 10.6. The zero-order valence-corrected chi connectivity index (χ0v) is 8.61. The lowest BCUT2D eigenvalue weighted by atomic mass is 9.97. The van der Waals surface area contributed by atoms with E-state index in [1.165, 1.54) is 30.1 Å². The van der Waals surface area contributed by atoms with Crippen molar-refractivity contribution in [3.63, 3.8) is 0 Å². The average molecular weight is 223 g/mol. The molecule has 0 saturated carbocycles. The Morgan fingerprint density at radius 1 is 1.56 bits per heavy atom. The van der Waals surface area contributed by atoms with Crippen LogP contribution in [0, 0.1) is 5.82 Å². The summed E-state index contributed by atoms with van der Waals surface area (Å²) in [6, 6.07) is 3.95. The Hall–Kier alpha value is -1.91. The van der Waals surface area contributed by atoms with Gasteiger partial charge in [0.1, 0.15) is 5.82 Å². The predicted octanol–water partition coefficient (Wildman–Crippen LogP) is 1.36. The Labute approximate surface area is 91.3 Å². The monoisotopic (exact) mass is 223 g/mol. The number of benzene rings is 1. The van der Waals surface area contributed by atoms with Gasteiger partial charge in [-0.25, -0.2) is 4.39 Å². The Morgan fingerprint density at radius 2 is 2.25 bits per heavy atom. The first-order valence-electron chi connectivity index (χ1n) is 4.79. The van der Waals surface area contributed by atoms with Gasteiger partial charge in [-0.2, -0.15) is 0 Å². The van der Waals surface area contributed by atoms with Crippen LogP contribution in [0.4, 0.5) is 10.1 Å². The van der Waals surface area contributed by atoms with E-state index >= 15 is 0 Å². The number of carbonyl (C=O) groups excluding carboxylic acids is 1. The normalized spacial score (nSPS) is 18.8. The van der Waals surface area contributed by atoms with Gasteiger partial charge in [-0.1, -0.05) is 6.07 Å². The number of amides is 1. The Balaban J connectivity index is 2.45. The summed E-state index contributed by atoms with van der Waals surface area (Å²) < 4.78 is 13.0. The zero-order chi connectivity index (χ0) is 11.9. The number of carbonyl (C=O) groups is 2. The molecule has 0 saturated heterocycles. The first-order valence-corrected chi connectivity index (χ1v) is 4.79. The molecule has 1 N–H and O–H groups in total. The molecule has 4 nitrogen and oxygen atoms in total. The second kappa shape index (κ2) is 3.59. The molecule has 1 aliphatic heterocycles. The largest absolute Gasteiger partial charge is 0.481 e. The molecule has 0 aromatic heterocycles. The molecule has 84 valence electrons. The molecule has 0 radical (unpaired) electrons. The van der Waals surface area contributed by atoms with Crippen LogP contribution in [0.5, 0.6) is 0 Å². The molecule has 1 aliphatic rings. The number of halogens is 1. The molecule has 2 rings (SSSR count). The van der Waals surface area contributed by atoms with E-state index in [2.05, 4.69) is 0 Å². The molecule has 16 heavy (non-hydrogen) atoms. The van der Waals surface area contributed by atoms with Crippen molar-refractivity contribution < 1.29 is 19.1 Å². The van der Waals surface area contributed by atoms with Crippen LogP contribution < -0.4 is 4.90 Å². The van der Waals surface area contributed by atoms with Gasteiger partial charge in [-0.05, 0) is 17.7 Å². The van der Waals surface area contributed by atoms with Crippen molar-refractivity contribution >= 4 is 17.6 Å². The molecule has 0 bridgehead atoms. The Bertz CT molecular complexity index is 472. The molecule has 1 aromatic carbocycles. The lowest BCUT2D eigenvalue weighted by Gasteiger charge is -2.09. The summed E-state index contributed by atoms with van der Waals surface area (Å²) in [6.45, 7) is 0. The molecule has 0 aliphatic carbocycles. The summed E-state index contributed by atoms with van der Waals surface area (Å²) in [5.41, 5.74) is 1.03. The van der Waals surface area contributed by atoms with Crippen molar-refractivity contribution in [2.75, 3.05) is 11.9 Å². The fourth-order valence-corrected chi connectivity index (χ4v) is 1.96. The van der Waals surface area contributed by atoms with Gasteiger partial charge in [0, 0.05) is 7.05 Å². The number of aliphatic carboxylic acids is 1. The quantitative estimate of drug-likeness (QED) is 0.823. The standard InChI is InChI=1S/C11H10FNO3/c1-13-9-4-6(12)2-3-7(9)8(11(13)16)5-10(14)15/h2-4,8H,5H2,1H3,(H,14,15)/t8-/m1/s1. The van der Waals surface area contributed by atoms with E-state index in [1.54, 1.807) is 0 Å². The summed E-state index contributed by atoms with van der Waals surface area (Å²) in [6.07, 6.45) is -0.262. The predicted molar refractivity (Wildman–Crippen MR) is 54.8 cm³/mol. The number of anilines is 1. The molecule has 5 heteroatoms. The van der Waals surface area contributed by atoms with E-state index < -0.39 is 17.7 Å². The van der Waals surface area contributed by atoms with Crippen molar-refractivity contribution in [3.05, 3.63) is 29.6 Å². The van der Waals surface area contributed by atoms with E-state index in [4.69, 9.17) is 5.11 Å². The van der Waals surface area contributed by atoms with Gasteiger partial charge in [0.15, 0.2) is 0 Å². The third-order valence-electron chi connectivity index (χ3n) is 2.74. The molecule has 1 amide bonds. The Morgan fingerprint density at radius 3 is 2.88 bits per heavy atom. The van der Waals surface area contributed by atoms with Crippen LogP contribution in [0.2, 0.25) is 0 Å². The van der Waals surface area contributed by atoms with Gasteiger partial charge in [0.25, 0.3) is 0 Å². The minimum Gasteiger partial charge on any atom is -0.481 e. The van der Waals surface area contributed by atoms with Crippen LogP contribution in [0.15, 0.2) is 18.2 Å². The topological polar surface area (TPSA) is 57.6 Å². The molecule has 1 aromatic rings. The van der Waals surface area contributed by atoms with Crippen molar-refractivity contribution in [1.29, 1.82) is 0 Å². The highest BCUT2D eigenvalue weighted by molar-refractivity contribution is 6.05. The van der Waals surface area contributed by atoms with Gasteiger partial charge in [-0.3, -0.25) is 9.59 Å². The number of likely N-dealkylation sites (N-methyl/N-ethyl adjacent to an activating group) is 1. The van der Waals surface area contributed by atoms with Crippen LogP contribution in [-0.2, 0) is 9.59 Å². The van der Waals surface area contributed by atoms with E-state index in [1.807, 2.05) is 0 Å². The molecular weight excluding hydrogens is 213 g/mol. The maximum absolute atomic E-state index is 13.0. The average Bonchev–Trinajstić information content (AvgIpc) is 2.43. The third-order valence-corrected chi connectivity index (χ3v) is 2.74.